The minimum Gasteiger partial charge on any atom is -0.366 e. The van der Waals surface area contributed by atoms with Crippen LogP contribution in [0.25, 0.3) is 16.9 Å². The van der Waals surface area contributed by atoms with Crippen LogP contribution >= 0.6 is 23.2 Å². The Morgan fingerprint density at radius 2 is 1.78 bits per heavy atom. The van der Waals surface area contributed by atoms with Gasteiger partial charge in [0, 0.05) is 0 Å². The van der Waals surface area contributed by atoms with E-state index >= 15 is 0 Å². The Bertz CT molecular complexity index is 723. The molecule has 2 N–H and O–H groups in total. The number of hydrogen-bond acceptors (Lipinski definition) is 4. The van der Waals surface area contributed by atoms with Crippen LogP contribution in [0.2, 0.25) is 10.3 Å². The number of anilines is 1. The molecule has 90 valence electrons. The summed E-state index contributed by atoms with van der Waals surface area (Å²) in [6.07, 6.45) is 0. The van der Waals surface area contributed by atoms with E-state index in [4.69, 9.17) is 28.9 Å². The fourth-order valence-electron chi connectivity index (χ4n) is 1.70. The van der Waals surface area contributed by atoms with E-state index in [-0.39, 0.29) is 16.9 Å². The van der Waals surface area contributed by atoms with Gasteiger partial charge in [0.05, 0.1) is 5.56 Å². The first-order chi connectivity index (χ1) is 8.66. The number of hydrogen-bond donors (Lipinski definition) is 1. The Hall–Kier alpha value is -1.85. The van der Waals surface area contributed by atoms with Crippen molar-refractivity contribution < 1.29 is 0 Å². The SMILES string of the molecule is Nc1nc2nc(Cl)c(-c3ccccc3)c(Cl)n2n1. The number of aromatic nitrogens is 4. The van der Waals surface area contributed by atoms with Crippen LogP contribution < -0.4 is 5.73 Å². The van der Waals surface area contributed by atoms with Crippen molar-refractivity contribution in [2.75, 3.05) is 5.73 Å². The van der Waals surface area contributed by atoms with E-state index < -0.39 is 0 Å². The number of nitrogen functional groups attached to an aromatic ring is 1. The Labute approximate surface area is 112 Å². The second kappa shape index (κ2) is 4.12. The second-order valence-corrected chi connectivity index (χ2v) is 4.33. The molecule has 0 aliphatic rings. The maximum absolute atomic E-state index is 6.28. The van der Waals surface area contributed by atoms with Crippen LogP contribution in [0.5, 0.6) is 0 Å². The molecule has 7 heteroatoms. The van der Waals surface area contributed by atoms with Crippen molar-refractivity contribution in [2.24, 2.45) is 0 Å². The molecular formula is C11H7Cl2N5. The second-order valence-electron chi connectivity index (χ2n) is 3.62. The van der Waals surface area contributed by atoms with Gasteiger partial charge in [0.15, 0.2) is 0 Å². The van der Waals surface area contributed by atoms with Crippen LogP contribution in [0.4, 0.5) is 5.95 Å². The van der Waals surface area contributed by atoms with E-state index in [0.717, 1.165) is 5.56 Å². The van der Waals surface area contributed by atoms with Crippen LogP contribution in [0.15, 0.2) is 30.3 Å². The number of fused-ring (bicyclic) bond motifs is 1. The first-order valence-electron chi connectivity index (χ1n) is 5.09. The van der Waals surface area contributed by atoms with Gasteiger partial charge in [-0.2, -0.15) is 14.5 Å². The lowest BCUT2D eigenvalue weighted by atomic mass is 10.1. The minimum atomic E-state index is 0.102. The van der Waals surface area contributed by atoms with Gasteiger partial charge in [-0.15, -0.1) is 5.10 Å². The maximum Gasteiger partial charge on any atom is 0.256 e. The molecule has 2 aromatic heterocycles. The van der Waals surface area contributed by atoms with Gasteiger partial charge in [-0.25, -0.2) is 0 Å². The summed E-state index contributed by atoms with van der Waals surface area (Å²) in [5.41, 5.74) is 6.98. The Kier molecular flexibility index (Phi) is 2.57. The summed E-state index contributed by atoms with van der Waals surface area (Å²) in [5.74, 6) is 0.382. The van der Waals surface area contributed by atoms with Crippen LogP contribution in [0.1, 0.15) is 0 Å². The lowest BCUT2D eigenvalue weighted by molar-refractivity contribution is 0.947. The summed E-state index contributed by atoms with van der Waals surface area (Å²) in [7, 11) is 0. The first-order valence-corrected chi connectivity index (χ1v) is 5.85. The third kappa shape index (κ3) is 1.68. The fourth-order valence-corrected chi connectivity index (χ4v) is 2.34. The number of benzene rings is 1. The van der Waals surface area contributed by atoms with E-state index in [1.54, 1.807) is 0 Å². The molecular weight excluding hydrogens is 273 g/mol. The third-order valence-corrected chi connectivity index (χ3v) is 3.09. The molecule has 0 saturated heterocycles. The monoisotopic (exact) mass is 279 g/mol. The average molecular weight is 280 g/mol. The highest BCUT2D eigenvalue weighted by Gasteiger charge is 2.16. The number of halogens is 2. The van der Waals surface area contributed by atoms with Crippen molar-refractivity contribution in [1.29, 1.82) is 0 Å². The van der Waals surface area contributed by atoms with Gasteiger partial charge in [0.1, 0.15) is 10.3 Å². The molecule has 0 unspecified atom stereocenters. The smallest absolute Gasteiger partial charge is 0.256 e. The molecule has 0 atom stereocenters. The van der Waals surface area contributed by atoms with Crippen LogP contribution in [0.3, 0.4) is 0 Å². The molecule has 0 aliphatic heterocycles. The van der Waals surface area contributed by atoms with Gasteiger partial charge in [-0.3, -0.25) is 0 Å². The van der Waals surface area contributed by atoms with Gasteiger partial charge in [0.2, 0.25) is 5.95 Å². The molecule has 3 rings (SSSR count). The maximum atomic E-state index is 6.28. The van der Waals surface area contributed by atoms with Crippen molar-refractivity contribution in [3.63, 3.8) is 0 Å². The van der Waals surface area contributed by atoms with Gasteiger partial charge >= 0.3 is 0 Å². The Morgan fingerprint density at radius 3 is 2.50 bits per heavy atom. The van der Waals surface area contributed by atoms with E-state index in [1.807, 2.05) is 30.3 Å². The molecule has 0 radical (unpaired) electrons. The van der Waals surface area contributed by atoms with E-state index in [1.165, 1.54) is 4.52 Å². The van der Waals surface area contributed by atoms with Gasteiger partial charge < -0.3 is 5.73 Å². The Balaban J connectivity index is 2.36. The molecule has 0 fully saturated rings. The molecule has 1 aromatic carbocycles. The number of nitrogens with two attached hydrogens (primary N) is 1. The predicted octanol–water partition coefficient (Wildman–Crippen LogP) is 2.68. The molecule has 0 saturated carbocycles. The summed E-state index contributed by atoms with van der Waals surface area (Å²) in [6, 6.07) is 9.47. The molecule has 0 amide bonds. The van der Waals surface area contributed by atoms with Gasteiger partial charge in [0.25, 0.3) is 5.78 Å². The predicted molar refractivity (Wildman–Crippen MR) is 70.7 cm³/mol. The average Bonchev–Trinajstić information content (AvgIpc) is 2.71. The number of nitrogens with zero attached hydrogens (tertiary/aromatic N) is 4. The fraction of sp³-hybridized carbons (Fsp3) is 0. The topological polar surface area (TPSA) is 69.1 Å². The largest absolute Gasteiger partial charge is 0.366 e. The summed E-state index contributed by atoms with van der Waals surface area (Å²) in [4.78, 5) is 8.04. The van der Waals surface area contributed by atoms with Crippen molar-refractivity contribution in [2.45, 2.75) is 0 Å². The van der Waals surface area contributed by atoms with E-state index in [9.17, 15) is 0 Å². The molecule has 0 bridgehead atoms. The summed E-state index contributed by atoms with van der Waals surface area (Å²) in [6.45, 7) is 0. The van der Waals surface area contributed by atoms with Crippen molar-refractivity contribution in [3.05, 3.63) is 40.6 Å². The van der Waals surface area contributed by atoms with Crippen molar-refractivity contribution >= 4 is 34.9 Å². The van der Waals surface area contributed by atoms with Crippen LogP contribution in [-0.2, 0) is 0 Å². The lowest BCUT2D eigenvalue weighted by Crippen LogP contribution is -1.97. The van der Waals surface area contributed by atoms with E-state index in [2.05, 4.69) is 15.1 Å². The first kappa shape index (κ1) is 11.3. The lowest BCUT2D eigenvalue weighted by Gasteiger charge is -2.07. The molecule has 2 heterocycles. The van der Waals surface area contributed by atoms with Gasteiger partial charge in [-0.05, 0) is 5.56 Å². The molecule has 5 nitrogen and oxygen atoms in total. The molecule has 18 heavy (non-hydrogen) atoms. The Morgan fingerprint density at radius 1 is 1.06 bits per heavy atom. The molecule has 0 spiro atoms. The van der Waals surface area contributed by atoms with E-state index in [0.29, 0.717) is 10.7 Å². The highest BCUT2D eigenvalue weighted by Crippen LogP contribution is 2.33. The molecule has 3 aromatic rings. The summed E-state index contributed by atoms with van der Waals surface area (Å²) < 4.78 is 1.37. The molecule has 0 aliphatic carbocycles. The normalized spacial score (nSPS) is 11.0. The number of rotatable bonds is 1. The zero-order valence-electron chi connectivity index (χ0n) is 9.01. The van der Waals surface area contributed by atoms with Crippen molar-refractivity contribution in [1.82, 2.24) is 19.6 Å². The summed E-state index contributed by atoms with van der Waals surface area (Å²) in [5, 5.41) is 4.57. The highest BCUT2D eigenvalue weighted by atomic mass is 35.5. The van der Waals surface area contributed by atoms with Crippen LogP contribution in [-0.4, -0.2) is 19.6 Å². The zero-order chi connectivity index (χ0) is 12.7. The quantitative estimate of drug-likeness (QED) is 0.696. The summed E-state index contributed by atoms with van der Waals surface area (Å²) >= 11 is 12.4. The van der Waals surface area contributed by atoms with Gasteiger partial charge in [-0.1, -0.05) is 53.5 Å². The third-order valence-electron chi connectivity index (χ3n) is 2.47. The highest BCUT2D eigenvalue weighted by molar-refractivity contribution is 6.38. The minimum absolute atomic E-state index is 0.102. The zero-order valence-corrected chi connectivity index (χ0v) is 10.5. The van der Waals surface area contributed by atoms with Crippen molar-refractivity contribution in [3.8, 4) is 11.1 Å². The van der Waals surface area contributed by atoms with Crippen LogP contribution in [0, 0.1) is 0 Å². The standard InChI is InChI=1S/C11H7Cl2N5/c12-8-7(6-4-2-1-3-5-6)9(13)18-11(15-8)16-10(14)17-18/h1-5H,(H2,14,17).